The largest absolute Gasteiger partial charge is 0.379 e. The molecule has 0 radical (unpaired) electrons. The summed E-state index contributed by atoms with van der Waals surface area (Å²) < 4.78 is 11.2. The van der Waals surface area contributed by atoms with Gasteiger partial charge in [-0.1, -0.05) is 0 Å². The lowest BCUT2D eigenvalue weighted by molar-refractivity contribution is -0.0946. The van der Waals surface area contributed by atoms with Crippen LogP contribution in [0.25, 0.3) is 0 Å². The number of methoxy groups -OCH3 is 1. The van der Waals surface area contributed by atoms with Crippen molar-refractivity contribution < 1.29 is 14.3 Å². The van der Waals surface area contributed by atoms with Gasteiger partial charge in [-0.15, -0.1) is 0 Å². The number of carbonyl (C=O) groups is 1. The van der Waals surface area contributed by atoms with Crippen LogP contribution >= 0.6 is 0 Å². The first-order chi connectivity index (χ1) is 9.31. The fraction of sp³-hybridized carbons (Fsp3) is 0.615. The molecular formula is C13H17N3O3. The quantitative estimate of drug-likeness (QED) is 0.777. The lowest BCUT2D eigenvalue weighted by atomic mass is 10.1. The first kappa shape index (κ1) is 12.5. The molecule has 1 aliphatic carbocycles. The van der Waals surface area contributed by atoms with Crippen molar-refractivity contribution in [3.8, 4) is 0 Å². The number of ether oxygens (including phenoxy) is 2. The molecule has 2 heterocycles. The number of carbonyl (C=O) groups excluding carboxylic acids is 1. The highest BCUT2D eigenvalue weighted by Gasteiger charge is 2.44. The Hall–Kier alpha value is -1.53. The normalized spacial score (nSPS) is 30.2. The number of fused-ring (bicyclic) bond motifs is 1. The molecule has 1 aliphatic heterocycles. The lowest BCUT2D eigenvalue weighted by Crippen LogP contribution is -2.53. The number of hydrogen-bond acceptors (Lipinski definition) is 5. The van der Waals surface area contributed by atoms with E-state index in [-0.39, 0.29) is 24.2 Å². The molecule has 1 aromatic rings. The van der Waals surface area contributed by atoms with Crippen molar-refractivity contribution in [2.24, 2.45) is 0 Å². The minimum atomic E-state index is -0.00232. The van der Waals surface area contributed by atoms with Crippen molar-refractivity contribution in [2.75, 3.05) is 20.3 Å². The van der Waals surface area contributed by atoms with Crippen molar-refractivity contribution >= 4 is 5.91 Å². The highest BCUT2D eigenvalue weighted by molar-refractivity contribution is 5.94. The zero-order chi connectivity index (χ0) is 13.2. The summed E-state index contributed by atoms with van der Waals surface area (Å²) in [5.74, 6) is 0.00459. The van der Waals surface area contributed by atoms with Gasteiger partial charge in [0.15, 0.2) is 0 Å². The molecule has 0 N–H and O–H groups in total. The summed E-state index contributed by atoms with van der Waals surface area (Å²) in [6.45, 7) is 1.18. The van der Waals surface area contributed by atoms with Gasteiger partial charge in [-0.05, 0) is 18.9 Å². The zero-order valence-corrected chi connectivity index (χ0v) is 10.9. The maximum Gasteiger partial charge on any atom is 0.255 e. The standard InChI is InChI=1S/C13H17N3O3/c1-18-11-3-2-10-12(11)19-7-6-16(10)13(17)9-4-5-14-15-8-9/h4-5,8,10-12H,2-3,6-7H2,1H3/t10-,11+,12+/m0/s1. The molecule has 0 unspecified atom stereocenters. The second kappa shape index (κ2) is 5.22. The second-order valence-corrected chi connectivity index (χ2v) is 4.88. The Kier molecular flexibility index (Phi) is 3.44. The summed E-state index contributed by atoms with van der Waals surface area (Å²) in [5.41, 5.74) is 0.580. The molecule has 2 fully saturated rings. The zero-order valence-electron chi connectivity index (χ0n) is 10.9. The molecule has 3 rings (SSSR count). The van der Waals surface area contributed by atoms with E-state index in [1.165, 1.54) is 12.4 Å². The topological polar surface area (TPSA) is 64.6 Å². The third kappa shape index (κ3) is 2.21. The highest BCUT2D eigenvalue weighted by atomic mass is 16.5. The van der Waals surface area contributed by atoms with E-state index in [4.69, 9.17) is 9.47 Å². The summed E-state index contributed by atoms with van der Waals surface area (Å²) in [7, 11) is 1.70. The average molecular weight is 263 g/mol. The molecule has 0 spiro atoms. The van der Waals surface area contributed by atoms with Gasteiger partial charge in [0.2, 0.25) is 0 Å². The van der Waals surface area contributed by atoms with Crippen LogP contribution in [0.3, 0.4) is 0 Å². The minimum Gasteiger partial charge on any atom is -0.379 e. The Balaban J connectivity index is 1.79. The maximum atomic E-state index is 12.5. The molecule has 3 atom stereocenters. The molecule has 102 valence electrons. The second-order valence-electron chi connectivity index (χ2n) is 4.88. The highest BCUT2D eigenvalue weighted by Crippen LogP contribution is 2.32. The summed E-state index contributed by atoms with van der Waals surface area (Å²) in [4.78, 5) is 14.4. The van der Waals surface area contributed by atoms with Gasteiger partial charge in [-0.3, -0.25) is 4.79 Å². The Bertz CT molecular complexity index is 454. The minimum absolute atomic E-state index is 0.00232. The lowest BCUT2D eigenvalue weighted by Gasteiger charge is -2.38. The predicted molar refractivity (Wildman–Crippen MR) is 66.6 cm³/mol. The van der Waals surface area contributed by atoms with Crippen LogP contribution < -0.4 is 0 Å². The van der Waals surface area contributed by atoms with Crippen LogP contribution in [0.1, 0.15) is 23.2 Å². The molecule has 0 bridgehead atoms. The third-order valence-corrected chi connectivity index (χ3v) is 3.93. The van der Waals surface area contributed by atoms with E-state index in [1.54, 1.807) is 13.2 Å². The first-order valence-corrected chi connectivity index (χ1v) is 6.53. The van der Waals surface area contributed by atoms with Gasteiger partial charge in [0.25, 0.3) is 5.91 Å². The van der Waals surface area contributed by atoms with Crippen molar-refractivity contribution in [3.63, 3.8) is 0 Å². The fourth-order valence-electron chi connectivity index (χ4n) is 3.00. The molecule has 6 nitrogen and oxygen atoms in total. The Labute approximate surface area is 111 Å². The molecular weight excluding hydrogens is 246 g/mol. The van der Waals surface area contributed by atoms with E-state index in [1.807, 2.05) is 4.90 Å². The van der Waals surface area contributed by atoms with E-state index in [0.29, 0.717) is 18.7 Å². The predicted octanol–water partition coefficient (Wildman–Crippen LogP) is 0.495. The van der Waals surface area contributed by atoms with Crippen LogP contribution in [0, 0.1) is 0 Å². The summed E-state index contributed by atoms with van der Waals surface area (Å²) >= 11 is 0. The number of nitrogens with zero attached hydrogens (tertiary/aromatic N) is 3. The van der Waals surface area contributed by atoms with E-state index in [2.05, 4.69) is 10.2 Å². The Morgan fingerprint density at radius 2 is 2.37 bits per heavy atom. The van der Waals surface area contributed by atoms with Crippen molar-refractivity contribution in [3.05, 3.63) is 24.0 Å². The van der Waals surface area contributed by atoms with Gasteiger partial charge in [0.1, 0.15) is 6.10 Å². The molecule has 19 heavy (non-hydrogen) atoms. The van der Waals surface area contributed by atoms with Crippen LogP contribution in [0.2, 0.25) is 0 Å². The first-order valence-electron chi connectivity index (χ1n) is 6.53. The molecule has 1 saturated carbocycles. The van der Waals surface area contributed by atoms with Gasteiger partial charge in [-0.2, -0.15) is 10.2 Å². The Morgan fingerprint density at radius 1 is 1.47 bits per heavy atom. The van der Waals surface area contributed by atoms with Gasteiger partial charge in [0, 0.05) is 13.7 Å². The number of amides is 1. The SMILES string of the molecule is CO[C@@H]1CC[C@H]2[C@H]1OCCN2C(=O)c1ccnnc1. The van der Waals surface area contributed by atoms with Crippen LogP contribution in [-0.2, 0) is 9.47 Å². The van der Waals surface area contributed by atoms with Gasteiger partial charge in [0.05, 0.1) is 36.7 Å². The van der Waals surface area contributed by atoms with Gasteiger partial charge in [-0.25, -0.2) is 0 Å². The number of morpholine rings is 1. The molecule has 1 aromatic heterocycles. The molecule has 1 saturated heterocycles. The smallest absolute Gasteiger partial charge is 0.255 e. The molecule has 2 aliphatic rings. The van der Waals surface area contributed by atoms with Gasteiger partial charge < -0.3 is 14.4 Å². The van der Waals surface area contributed by atoms with Crippen LogP contribution in [0.4, 0.5) is 0 Å². The molecule has 1 amide bonds. The van der Waals surface area contributed by atoms with E-state index in [9.17, 15) is 4.79 Å². The summed E-state index contributed by atoms with van der Waals surface area (Å²) in [6, 6.07) is 1.81. The molecule has 6 heteroatoms. The van der Waals surface area contributed by atoms with E-state index < -0.39 is 0 Å². The van der Waals surface area contributed by atoms with Crippen LogP contribution in [0.15, 0.2) is 18.5 Å². The Morgan fingerprint density at radius 3 is 3.11 bits per heavy atom. The average Bonchev–Trinajstić information content (AvgIpc) is 2.90. The van der Waals surface area contributed by atoms with E-state index >= 15 is 0 Å². The number of hydrogen-bond donors (Lipinski definition) is 0. The van der Waals surface area contributed by atoms with Crippen molar-refractivity contribution in [1.82, 2.24) is 15.1 Å². The fourth-order valence-corrected chi connectivity index (χ4v) is 3.00. The van der Waals surface area contributed by atoms with E-state index in [0.717, 1.165) is 12.8 Å². The van der Waals surface area contributed by atoms with Crippen LogP contribution in [0.5, 0.6) is 0 Å². The van der Waals surface area contributed by atoms with Gasteiger partial charge >= 0.3 is 0 Å². The maximum absolute atomic E-state index is 12.5. The number of aromatic nitrogens is 2. The van der Waals surface area contributed by atoms with Crippen molar-refractivity contribution in [1.29, 1.82) is 0 Å². The van der Waals surface area contributed by atoms with Crippen LogP contribution in [-0.4, -0.2) is 59.5 Å². The molecule has 0 aromatic carbocycles. The third-order valence-electron chi connectivity index (χ3n) is 3.93. The number of rotatable bonds is 2. The monoisotopic (exact) mass is 263 g/mol. The summed E-state index contributed by atoms with van der Waals surface area (Å²) in [6.07, 6.45) is 5.00. The summed E-state index contributed by atoms with van der Waals surface area (Å²) in [5, 5.41) is 7.46. The van der Waals surface area contributed by atoms with Crippen molar-refractivity contribution in [2.45, 2.75) is 31.1 Å².